The number of halogens is 2. The van der Waals surface area contributed by atoms with Crippen LogP contribution >= 0.6 is 11.6 Å². The molecule has 1 aliphatic rings. The van der Waals surface area contributed by atoms with E-state index in [1.807, 2.05) is 0 Å². The zero-order valence-electron chi connectivity index (χ0n) is 8.10. The topological polar surface area (TPSA) is 57.6 Å². The number of hydrogen-bond donors (Lipinski definition) is 1. The Kier molecular flexibility index (Phi) is 2.91. The molecule has 1 N–H and O–H groups in total. The van der Waals surface area contributed by atoms with Gasteiger partial charge >= 0.3 is 0 Å². The number of aliphatic hydroxyl groups is 1. The van der Waals surface area contributed by atoms with Gasteiger partial charge in [0.2, 0.25) is 10.0 Å². The average Bonchev–Trinajstić information content (AvgIpc) is 2.16. The van der Waals surface area contributed by atoms with Crippen molar-refractivity contribution in [3.05, 3.63) is 29.0 Å². The number of hydrogen-bond acceptors (Lipinski definition) is 3. The van der Waals surface area contributed by atoms with E-state index in [1.54, 1.807) is 0 Å². The van der Waals surface area contributed by atoms with Crippen molar-refractivity contribution in [3.8, 4) is 0 Å². The Morgan fingerprint density at radius 1 is 1.44 bits per heavy atom. The van der Waals surface area contributed by atoms with E-state index in [4.69, 9.17) is 16.7 Å². The highest BCUT2D eigenvalue weighted by molar-refractivity contribution is 7.89. The molecule has 0 saturated carbocycles. The lowest BCUT2D eigenvalue weighted by Crippen LogP contribution is -2.53. The molecule has 4 nitrogen and oxygen atoms in total. The van der Waals surface area contributed by atoms with Crippen LogP contribution in [0.1, 0.15) is 0 Å². The van der Waals surface area contributed by atoms with E-state index in [0.717, 1.165) is 16.4 Å². The monoisotopic (exact) mass is 265 g/mol. The van der Waals surface area contributed by atoms with Gasteiger partial charge in [0.1, 0.15) is 10.7 Å². The van der Waals surface area contributed by atoms with Gasteiger partial charge in [0, 0.05) is 13.1 Å². The third-order valence-corrected chi connectivity index (χ3v) is 4.65. The summed E-state index contributed by atoms with van der Waals surface area (Å²) in [5.74, 6) is -0.663. The second kappa shape index (κ2) is 3.96. The third-order valence-electron chi connectivity index (χ3n) is 2.34. The minimum absolute atomic E-state index is 0.0230. The van der Waals surface area contributed by atoms with E-state index in [1.165, 1.54) is 6.07 Å². The Labute approximate surface area is 97.3 Å². The lowest BCUT2D eigenvalue weighted by Gasteiger charge is -2.34. The predicted molar refractivity (Wildman–Crippen MR) is 56.2 cm³/mol. The molecule has 0 radical (unpaired) electrons. The van der Waals surface area contributed by atoms with E-state index < -0.39 is 21.9 Å². The molecule has 0 aliphatic carbocycles. The van der Waals surface area contributed by atoms with Crippen molar-refractivity contribution in [1.29, 1.82) is 0 Å². The molecule has 1 heterocycles. The predicted octanol–water partition coefficient (Wildman–Crippen LogP) is 0.844. The Hall–Kier alpha value is -0.690. The lowest BCUT2D eigenvalue weighted by atomic mass is 10.2. The number of rotatable bonds is 2. The molecule has 1 aromatic rings. The number of sulfonamides is 1. The van der Waals surface area contributed by atoms with Gasteiger partial charge in [-0.3, -0.25) is 0 Å². The minimum atomic E-state index is -3.79. The molecule has 88 valence electrons. The molecule has 1 aliphatic heterocycles. The van der Waals surface area contributed by atoms with E-state index in [2.05, 4.69) is 0 Å². The van der Waals surface area contributed by atoms with Crippen LogP contribution in [0.4, 0.5) is 4.39 Å². The second-order valence-electron chi connectivity index (χ2n) is 3.55. The summed E-state index contributed by atoms with van der Waals surface area (Å²) in [5, 5.41) is 9.01. The molecule has 7 heteroatoms. The van der Waals surface area contributed by atoms with Crippen LogP contribution in [0.25, 0.3) is 0 Å². The van der Waals surface area contributed by atoms with Crippen LogP contribution in [0.5, 0.6) is 0 Å². The van der Waals surface area contributed by atoms with Gasteiger partial charge in [-0.05, 0) is 18.2 Å². The van der Waals surface area contributed by atoms with Crippen molar-refractivity contribution in [3.63, 3.8) is 0 Å². The van der Waals surface area contributed by atoms with Crippen molar-refractivity contribution in [2.24, 2.45) is 0 Å². The van der Waals surface area contributed by atoms with Crippen molar-refractivity contribution in [2.75, 3.05) is 13.1 Å². The highest BCUT2D eigenvalue weighted by Gasteiger charge is 2.36. The average molecular weight is 266 g/mol. The molecule has 0 bridgehead atoms. The Balaban J connectivity index is 2.40. The summed E-state index contributed by atoms with van der Waals surface area (Å²) in [6.07, 6.45) is -0.651. The summed E-state index contributed by atoms with van der Waals surface area (Å²) in [7, 11) is -3.79. The smallest absolute Gasteiger partial charge is 0.244 e. The minimum Gasteiger partial charge on any atom is -0.390 e. The first-order valence-corrected chi connectivity index (χ1v) is 6.36. The summed E-state index contributed by atoms with van der Waals surface area (Å²) < 4.78 is 37.8. The summed E-state index contributed by atoms with van der Waals surface area (Å²) in [6.45, 7) is 0.0460. The molecule has 1 fully saturated rings. The number of nitrogens with zero attached hydrogens (tertiary/aromatic N) is 1. The van der Waals surface area contributed by atoms with Crippen LogP contribution < -0.4 is 0 Å². The molecule has 0 amide bonds. The summed E-state index contributed by atoms with van der Waals surface area (Å²) in [5.41, 5.74) is 0. The second-order valence-corrected chi connectivity index (χ2v) is 5.86. The number of β-amino-alcohol motifs (C(OH)–C–C–N with tert-alkyl or cyclic N) is 1. The quantitative estimate of drug-likeness (QED) is 0.862. The maximum absolute atomic E-state index is 12.9. The Bertz CT molecular complexity index is 513. The fourth-order valence-corrected chi connectivity index (χ4v) is 3.43. The molecule has 16 heavy (non-hydrogen) atoms. The van der Waals surface area contributed by atoms with E-state index in [9.17, 15) is 12.8 Å². The highest BCUT2D eigenvalue weighted by atomic mass is 35.5. The molecule has 0 aromatic heterocycles. The van der Waals surface area contributed by atoms with Crippen molar-refractivity contribution in [2.45, 2.75) is 11.0 Å². The van der Waals surface area contributed by atoms with Crippen LogP contribution in [0, 0.1) is 5.82 Å². The van der Waals surface area contributed by atoms with Crippen LogP contribution in [0.3, 0.4) is 0 Å². The fourth-order valence-electron chi connectivity index (χ4n) is 1.43. The summed E-state index contributed by atoms with van der Waals surface area (Å²) in [4.78, 5) is -0.263. The van der Waals surface area contributed by atoms with Gasteiger partial charge in [-0.25, -0.2) is 12.8 Å². The SMILES string of the molecule is O=S(=O)(c1cc(F)ccc1Cl)N1CC(O)C1. The zero-order valence-corrected chi connectivity index (χ0v) is 9.67. The standard InChI is InChI=1S/C9H9ClFNO3S/c10-8-2-1-6(11)3-9(8)16(14,15)12-4-7(13)5-12/h1-3,7,13H,4-5H2. The first kappa shape index (κ1) is 11.8. The normalized spacial score (nSPS) is 18.4. The van der Waals surface area contributed by atoms with E-state index >= 15 is 0 Å². The maximum atomic E-state index is 12.9. The van der Waals surface area contributed by atoms with Crippen molar-refractivity contribution < 1.29 is 17.9 Å². The van der Waals surface area contributed by atoms with E-state index in [-0.39, 0.29) is 23.0 Å². The third kappa shape index (κ3) is 1.93. The first-order chi connectivity index (χ1) is 7.41. The Morgan fingerprint density at radius 3 is 2.62 bits per heavy atom. The van der Waals surface area contributed by atoms with Crippen molar-refractivity contribution in [1.82, 2.24) is 4.31 Å². The van der Waals surface area contributed by atoms with Gasteiger partial charge in [0.25, 0.3) is 0 Å². The van der Waals surface area contributed by atoms with Crippen LogP contribution in [0.15, 0.2) is 23.1 Å². The maximum Gasteiger partial charge on any atom is 0.244 e. The number of benzene rings is 1. The molecular formula is C9H9ClFNO3S. The molecule has 1 aromatic carbocycles. The van der Waals surface area contributed by atoms with Gasteiger partial charge in [-0.15, -0.1) is 0 Å². The van der Waals surface area contributed by atoms with Crippen LogP contribution in [-0.2, 0) is 10.0 Å². The van der Waals surface area contributed by atoms with E-state index in [0.29, 0.717) is 0 Å². The zero-order chi connectivity index (χ0) is 11.9. The van der Waals surface area contributed by atoms with Gasteiger partial charge in [0.15, 0.2) is 0 Å². The van der Waals surface area contributed by atoms with Gasteiger partial charge in [-0.2, -0.15) is 4.31 Å². The van der Waals surface area contributed by atoms with Crippen molar-refractivity contribution >= 4 is 21.6 Å². The molecule has 2 rings (SSSR count). The van der Waals surface area contributed by atoms with Gasteiger partial charge in [0.05, 0.1) is 11.1 Å². The van der Waals surface area contributed by atoms with Gasteiger partial charge < -0.3 is 5.11 Å². The Morgan fingerprint density at radius 2 is 2.06 bits per heavy atom. The molecule has 0 spiro atoms. The molecule has 0 unspecified atom stereocenters. The molecule has 0 atom stereocenters. The molecular weight excluding hydrogens is 257 g/mol. The fraction of sp³-hybridized carbons (Fsp3) is 0.333. The summed E-state index contributed by atoms with van der Waals surface area (Å²) >= 11 is 5.71. The van der Waals surface area contributed by atoms with Crippen LogP contribution in [-0.4, -0.2) is 37.0 Å². The molecule has 1 saturated heterocycles. The lowest BCUT2D eigenvalue weighted by molar-refractivity contribution is 0.0548. The highest BCUT2D eigenvalue weighted by Crippen LogP contribution is 2.28. The van der Waals surface area contributed by atoms with Gasteiger partial charge in [-0.1, -0.05) is 11.6 Å². The van der Waals surface area contributed by atoms with Crippen LogP contribution in [0.2, 0.25) is 5.02 Å². The summed E-state index contributed by atoms with van der Waals surface area (Å²) in [6, 6.07) is 3.16. The number of aliphatic hydroxyl groups excluding tert-OH is 1. The first-order valence-electron chi connectivity index (χ1n) is 4.54. The largest absolute Gasteiger partial charge is 0.390 e.